The van der Waals surface area contributed by atoms with Crippen molar-refractivity contribution in [1.82, 2.24) is 4.98 Å². The number of anilines is 1. The summed E-state index contributed by atoms with van der Waals surface area (Å²) in [5, 5.41) is 7.28. The molecule has 0 aromatic carbocycles. The van der Waals surface area contributed by atoms with Gasteiger partial charge < -0.3 is 5.32 Å². The third-order valence-corrected chi connectivity index (χ3v) is 6.77. The number of pyridine rings is 1. The number of halogens is 2. The summed E-state index contributed by atoms with van der Waals surface area (Å²) in [7, 11) is -4.02. The number of primary sulfonamides is 1. The van der Waals surface area contributed by atoms with Gasteiger partial charge in [0, 0.05) is 36.7 Å². The Bertz CT molecular complexity index is 810. The maximum absolute atomic E-state index is 14.0. The molecule has 3 N–H and O–H groups in total. The van der Waals surface area contributed by atoms with E-state index in [1.807, 2.05) is 0 Å². The van der Waals surface area contributed by atoms with E-state index >= 15 is 0 Å². The maximum Gasteiger partial charge on any atom is 0.255 e. The van der Waals surface area contributed by atoms with Crippen LogP contribution in [0.1, 0.15) is 57.8 Å². The van der Waals surface area contributed by atoms with Gasteiger partial charge in [-0.15, -0.1) is 0 Å². The Morgan fingerprint density at radius 2 is 1.96 bits per heavy atom. The third-order valence-electron chi connectivity index (χ3n) is 5.96. The molecule has 2 aliphatic rings. The Labute approximate surface area is 164 Å². The fraction of sp³-hybridized carbons (Fsp3) is 0.684. The van der Waals surface area contributed by atoms with Crippen LogP contribution < -0.4 is 10.5 Å². The molecule has 0 spiro atoms. The number of aromatic nitrogens is 1. The van der Waals surface area contributed by atoms with Crippen molar-refractivity contribution < 1.29 is 22.0 Å². The number of amides is 1. The van der Waals surface area contributed by atoms with E-state index < -0.39 is 34.2 Å². The number of nitrogens with zero attached hydrogens (tertiary/aromatic N) is 1. The van der Waals surface area contributed by atoms with Crippen LogP contribution in [-0.2, 0) is 14.8 Å². The summed E-state index contributed by atoms with van der Waals surface area (Å²) in [4.78, 5) is 16.5. The number of alkyl halides is 2. The summed E-state index contributed by atoms with van der Waals surface area (Å²) in [6, 6.07) is 2.56. The first-order chi connectivity index (χ1) is 13.1. The first-order valence-electron chi connectivity index (χ1n) is 9.82. The summed E-state index contributed by atoms with van der Waals surface area (Å²) in [6.07, 6.45) is 7.44. The van der Waals surface area contributed by atoms with Crippen LogP contribution in [0.4, 0.5) is 14.5 Å². The number of nitrogens with two attached hydrogens (primary N) is 1. The Balaban J connectivity index is 1.73. The van der Waals surface area contributed by atoms with E-state index in [0.717, 1.165) is 38.2 Å². The normalized spacial score (nSPS) is 26.0. The Morgan fingerprint density at radius 1 is 1.25 bits per heavy atom. The van der Waals surface area contributed by atoms with Gasteiger partial charge in [0.05, 0.1) is 0 Å². The van der Waals surface area contributed by atoms with E-state index in [-0.39, 0.29) is 23.1 Å². The van der Waals surface area contributed by atoms with Crippen LogP contribution in [0, 0.1) is 17.8 Å². The maximum atomic E-state index is 14.0. The van der Waals surface area contributed by atoms with Crippen molar-refractivity contribution >= 4 is 21.6 Å². The molecule has 0 unspecified atom stereocenters. The van der Waals surface area contributed by atoms with Crippen molar-refractivity contribution in [1.29, 1.82) is 0 Å². The molecule has 2 aliphatic carbocycles. The highest BCUT2D eigenvalue weighted by molar-refractivity contribution is 7.89. The predicted octanol–water partition coefficient (Wildman–Crippen LogP) is 3.69. The van der Waals surface area contributed by atoms with Crippen LogP contribution in [0.2, 0.25) is 0 Å². The van der Waals surface area contributed by atoms with Crippen molar-refractivity contribution in [3.63, 3.8) is 0 Å². The first kappa shape index (κ1) is 21.1. The van der Waals surface area contributed by atoms with Crippen molar-refractivity contribution in [3.05, 3.63) is 18.3 Å². The third kappa shape index (κ3) is 5.47. The predicted molar refractivity (Wildman–Crippen MR) is 101 cm³/mol. The van der Waals surface area contributed by atoms with Gasteiger partial charge in [-0.3, -0.25) is 4.79 Å². The lowest BCUT2D eigenvalue weighted by molar-refractivity contribution is -0.132. The zero-order valence-corrected chi connectivity index (χ0v) is 16.6. The number of nitrogens with one attached hydrogen (secondary N) is 1. The molecule has 1 aromatic heterocycles. The standard InChI is InChI=1S/C19H27F2N3O3S/c20-19(21)8-6-14(10-13-4-2-1-3-5-13)16(12-19)18(25)24-15-7-9-23-17(11-15)28(22,26)27/h7,9,11,13-14,16H,1-6,8,10,12H2,(H2,22,26,27)(H,23,24,25)/t14-,16+/m0/s1. The molecule has 0 saturated heterocycles. The van der Waals surface area contributed by atoms with E-state index in [1.165, 1.54) is 18.7 Å². The average Bonchev–Trinajstić information content (AvgIpc) is 2.63. The lowest BCUT2D eigenvalue weighted by atomic mass is 9.71. The Hall–Kier alpha value is -1.61. The second kappa shape index (κ2) is 8.41. The fourth-order valence-corrected chi connectivity index (χ4v) is 5.00. The van der Waals surface area contributed by atoms with Gasteiger partial charge in [-0.2, -0.15) is 0 Å². The fourth-order valence-electron chi connectivity index (χ4n) is 4.51. The van der Waals surface area contributed by atoms with Crippen LogP contribution in [0.5, 0.6) is 0 Å². The second-order valence-electron chi connectivity index (χ2n) is 8.12. The van der Waals surface area contributed by atoms with Crippen molar-refractivity contribution in [2.75, 3.05) is 5.32 Å². The number of hydrogen-bond acceptors (Lipinski definition) is 4. The molecule has 2 fully saturated rings. The van der Waals surface area contributed by atoms with Crippen molar-refractivity contribution in [2.24, 2.45) is 22.9 Å². The molecule has 9 heteroatoms. The topological polar surface area (TPSA) is 102 Å². The molecular formula is C19H27F2N3O3S. The van der Waals surface area contributed by atoms with Crippen LogP contribution >= 0.6 is 0 Å². The van der Waals surface area contributed by atoms with Crippen molar-refractivity contribution in [3.8, 4) is 0 Å². The van der Waals surface area contributed by atoms with Crippen LogP contribution in [0.3, 0.4) is 0 Å². The molecule has 1 heterocycles. The molecule has 6 nitrogen and oxygen atoms in total. The highest BCUT2D eigenvalue weighted by Crippen LogP contribution is 2.44. The average molecular weight is 416 g/mol. The van der Waals surface area contributed by atoms with Gasteiger partial charge in [-0.1, -0.05) is 32.1 Å². The lowest BCUT2D eigenvalue weighted by Gasteiger charge is -2.37. The molecule has 0 aliphatic heterocycles. The van der Waals surface area contributed by atoms with Crippen molar-refractivity contribution in [2.45, 2.75) is 68.7 Å². The number of sulfonamides is 1. The molecule has 0 radical (unpaired) electrons. The van der Waals surface area contributed by atoms with Crippen LogP contribution in [-0.4, -0.2) is 25.2 Å². The van der Waals surface area contributed by atoms with E-state index in [9.17, 15) is 22.0 Å². The molecule has 1 amide bonds. The Morgan fingerprint density at radius 3 is 2.64 bits per heavy atom. The molecule has 1 aromatic rings. The molecule has 28 heavy (non-hydrogen) atoms. The number of carbonyl (C=O) groups excluding carboxylic acids is 1. The number of rotatable bonds is 5. The van der Waals surface area contributed by atoms with E-state index in [1.54, 1.807) is 0 Å². The minimum Gasteiger partial charge on any atom is -0.326 e. The molecular weight excluding hydrogens is 388 g/mol. The highest BCUT2D eigenvalue weighted by atomic mass is 32.2. The highest BCUT2D eigenvalue weighted by Gasteiger charge is 2.45. The second-order valence-corrected chi connectivity index (χ2v) is 9.63. The molecule has 3 rings (SSSR count). The smallest absolute Gasteiger partial charge is 0.255 e. The summed E-state index contributed by atoms with van der Waals surface area (Å²) in [5.41, 5.74) is 0.189. The monoisotopic (exact) mass is 415 g/mol. The number of carbonyl (C=O) groups is 1. The van der Waals surface area contributed by atoms with Gasteiger partial charge in [-0.05, 0) is 30.7 Å². The van der Waals surface area contributed by atoms with E-state index in [2.05, 4.69) is 10.3 Å². The summed E-state index contributed by atoms with van der Waals surface area (Å²) < 4.78 is 50.9. The molecule has 2 saturated carbocycles. The number of hydrogen-bond donors (Lipinski definition) is 2. The Kier molecular flexibility index (Phi) is 6.34. The minimum absolute atomic E-state index is 0.0812. The van der Waals surface area contributed by atoms with E-state index in [0.29, 0.717) is 12.3 Å². The van der Waals surface area contributed by atoms with Gasteiger partial charge in [0.1, 0.15) is 0 Å². The largest absolute Gasteiger partial charge is 0.326 e. The molecule has 156 valence electrons. The van der Waals surface area contributed by atoms with Crippen LogP contribution in [0.15, 0.2) is 23.4 Å². The summed E-state index contributed by atoms with van der Waals surface area (Å²) in [6.45, 7) is 0. The summed E-state index contributed by atoms with van der Waals surface area (Å²) in [5.74, 6) is -3.73. The van der Waals surface area contributed by atoms with Gasteiger partial charge >= 0.3 is 0 Å². The zero-order valence-electron chi connectivity index (χ0n) is 15.7. The molecule has 0 bridgehead atoms. The van der Waals surface area contributed by atoms with Gasteiger partial charge in [0.15, 0.2) is 5.03 Å². The van der Waals surface area contributed by atoms with Crippen LogP contribution in [0.25, 0.3) is 0 Å². The zero-order chi connectivity index (χ0) is 20.4. The lowest BCUT2D eigenvalue weighted by Crippen LogP contribution is -2.40. The van der Waals surface area contributed by atoms with Gasteiger partial charge in [0.25, 0.3) is 10.0 Å². The SMILES string of the molecule is NS(=O)(=O)c1cc(NC(=O)[C@@H]2CC(F)(F)CC[C@H]2CC2CCCCC2)ccn1. The minimum atomic E-state index is -4.02. The summed E-state index contributed by atoms with van der Waals surface area (Å²) >= 11 is 0. The molecule has 2 atom stereocenters. The first-order valence-corrected chi connectivity index (χ1v) is 11.4. The quantitative estimate of drug-likeness (QED) is 0.766. The van der Waals surface area contributed by atoms with Gasteiger partial charge in [0.2, 0.25) is 11.8 Å². The van der Waals surface area contributed by atoms with E-state index in [4.69, 9.17) is 5.14 Å². The van der Waals surface area contributed by atoms with Gasteiger partial charge in [-0.25, -0.2) is 27.3 Å².